The first-order valence-corrected chi connectivity index (χ1v) is 10.1. The van der Waals surface area contributed by atoms with Crippen LogP contribution in [0.5, 0.6) is 0 Å². The number of benzene rings is 1. The molecule has 1 aromatic heterocycles. The van der Waals surface area contributed by atoms with Crippen LogP contribution in [0.25, 0.3) is 0 Å². The summed E-state index contributed by atoms with van der Waals surface area (Å²) in [6.07, 6.45) is 5.54. The van der Waals surface area contributed by atoms with Crippen molar-refractivity contribution in [2.75, 3.05) is 11.9 Å². The van der Waals surface area contributed by atoms with Crippen LogP contribution in [-0.4, -0.2) is 18.5 Å². The van der Waals surface area contributed by atoms with Gasteiger partial charge in [0.15, 0.2) is 0 Å². The van der Waals surface area contributed by atoms with Crippen molar-refractivity contribution in [1.29, 1.82) is 0 Å². The Labute approximate surface area is 158 Å². The topological polar surface area (TPSA) is 55.4 Å². The third-order valence-corrected chi connectivity index (χ3v) is 5.85. The highest BCUT2D eigenvalue weighted by molar-refractivity contribution is 7.17. The molecule has 1 amide bonds. The summed E-state index contributed by atoms with van der Waals surface area (Å²) >= 11 is 1.54. The Morgan fingerprint density at radius 1 is 1.12 bits per heavy atom. The molecule has 0 saturated heterocycles. The summed E-state index contributed by atoms with van der Waals surface area (Å²) in [7, 11) is 0. The van der Waals surface area contributed by atoms with E-state index in [9.17, 15) is 9.59 Å². The molecule has 3 rings (SSSR count). The Morgan fingerprint density at radius 3 is 2.58 bits per heavy atom. The normalized spacial score (nSPS) is 13.6. The molecule has 1 aromatic carbocycles. The third-order valence-electron chi connectivity index (χ3n) is 4.64. The summed E-state index contributed by atoms with van der Waals surface area (Å²) < 4.78 is 5.26. The molecule has 4 nitrogen and oxygen atoms in total. The van der Waals surface area contributed by atoms with Crippen LogP contribution in [0.3, 0.4) is 0 Å². The number of hydrogen-bond donors (Lipinski definition) is 1. The quantitative estimate of drug-likeness (QED) is 0.613. The molecule has 1 heterocycles. The van der Waals surface area contributed by atoms with Gasteiger partial charge in [-0.15, -0.1) is 11.3 Å². The van der Waals surface area contributed by atoms with E-state index >= 15 is 0 Å². The Hall–Kier alpha value is -2.14. The molecule has 26 heavy (non-hydrogen) atoms. The van der Waals surface area contributed by atoms with E-state index in [1.807, 2.05) is 31.2 Å². The Balaban J connectivity index is 1.82. The molecule has 0 unspecified atom stereocenters. The number of nitrogens with one attached hydrogen (secondary N) is 1. The molecule has 1 aliphatic carbocycles. The average Bonchev–Trinajstić information content (AvgIpc) is 2.78. The van der Waals surface area contributed by atoms with Crippen LogP contribution in [0.4, 0.5) is 5.00 Å². The summed E-state index contributed by atoms with van der Waals surface area (Å²) in [4.78, 5) is 26.3. The van der Waals surface area contributed by atoms with Gasteiger partial charge in [-0.2, -0.15) is 0 Å². The van der Waals surface area contributed by atoms with Gasteiger partial charge in [0.2, 0.25) is 5.91 Å². The van der Waals surface area contributed by atoms with E-state index in [1.54, 1.807) is 6.92 Å². The lowest BCUT2D eigenvalue weighted by Crippen LogP contribution is -2.17. The van der Waals surface area contributed by atoms with Gasteiger partial charge in [-0.3, -0.25) is 4.79 Å². The molecule has 2 aromatic rings. The molecule has 0 bridgehead atoms. The molecule has 0 fully saturated rings. The van der Waals surface area contributed by atoms with E-state index in [2.05, 4.69) is 5.32 Å². The van der Waals surface area contributed by atoms with Gasteiger partial charge in [0.1, 0.15) is 5.00 Å². The summed E-state index contributed by atoms with van der Waals surface area (Å²) in [5.41, 5.74) is 3.78. The van der Waals surface area contributed by atoms with E-state index in [-0.39, 0.29) is 11.9 Å². The summed E-state index contributed by atoms with van der Waals surface area (Å²) in [5, 5.41) is 3.62. The van der Waals surface area contributed by atoms with Gasteiger partial charge in [-0.25, -0.2) is 4.79 Å². The number of aryl methyl sites for hydroxylation is 2. The average molecular weight is 372 g/mol. The van der Waals surface area contributed by atoms with Crippen molar-refractivity contribution < 1.29 is 14.3 Å². The monoisotopic (exact) mass is 371 g/mol. The van der Waals surface area contributed by atoms with Crippen LogP contribution in [0, 0.1) is 6.92 Å². The fourth-order valence-corrected chi connectivity index (χ4v) is 4.61. The molecular weight excluding hydrogens is 346 g/mol. The number of amides is 1. The second kappa shape index (κ2) is 8.49. The molecule has 0 aliphatic heterocycles. The lowest BCUT2D eigenvalue weighted by molar-refractivity contribution is -0.115. The fourth-order valence-electron chi connectivity index (χ4n) is 3.31. The second-order valence-corrected chi connectivity index (χ2v) is 7.80. The zero-order valence-electron chi connectivity index (χ0n) is 15.4. The van der Waals surface area contributed by atoms with E-state index in [4.69, 9.17) is 4.74 Å². The van der Waals surface area contributed by atoms with E-state index < -0.39 is 0 Å². The van der Waals surface area contributed by atoms with Gasteiger partial charge in [0.25, 0.3) is 0 Å². The number of carbonyl (C=O) groups is 2. The van der Waals surface area contributed by atoms with E-state index in [0.29, 0.717) is 23.6 Å². The summed E-state index contributed by atoms with van der Waals surface area (Å²) in [5.74, 6) is -0.423. The minimum atomic E-state index is -0.322. The van der Waals surface area contributed by atoms with Crippen LogP contribution in [-0.2, 0) is 28.8 Å². The van der Waals surface area contributed by atoms with Gasteiger partial charge < -0.3 is 10.1 Å². The van der Waals surface area contributed by atoms with Crippen molar-refractivity contribution >= 4 is 28.2 Å². The maximum atomic E-state index is 12.5. The molecule has 0 radical (unpaired) electrons. The Morgan fingerprint density at radius 2 is 1.85 bits per heavy atom. The van der Waals surface area contributed by atoms with Crippen molar-refractivity contribution in [3.8, 4) is 0 Å². The lowest BCUT2D eigenvalue weighted by atomic mass is 10.1. The molecule has 1 N–H and O–H groups in total. The van der Waals surface area contributed by atoms with Gasteiger partial charge in [0, 0.05) is 4.88 Å². The first-order chi connectivity index (χ1) is 12.6. The fraction of sp³-hybridized carbons (Fsp3) is 0.429. The van der Waals surface area contributed by atoms with Crippen LogP contribution in [0.2, 0.25) is 0 Å². The number of ether oxygens (including phenoxy) is 1. The maximum absolute atomic E-state index is 12.5. The zero-order chi connectivity index (χ0) is 18.5. The van der Waals surface area contributed by atoms with Crippen molar-refractivity contribution in [2.45, 2.75) is 52.4 Å². The van der Waals surface area contributed by atoms with E-state index in [0.717, 1.165) is 36.8 Å². The third kappa shape index (κ3) is 4.33. The highest BCUT2D eigenvalue weighted by Crippen LogP contribution is 2.38. The van der Waals surface area contributed by atoms with Gasteiger partial charge in [-0.1, -0.05) is 36.2 Å². The minimum absolute atomic E-state index is 0.101. The highest BCUT2D eigenvalue weighted by atomic mass is 32.1. The van der Waals surface area contributed by atoms with E-state index in [1.165, 1.54) is 28.2 Å². The van der Waals surface area contributed by atoms with Crippen LogP contribution < -0.4 is 5.32 Å². The Bertz CT molecular complexity index is 792. The summed E-state index contributed by atoms with van der Waals surface area (Å²) in [6, 6.07) is 7.93. The zero-order valence-corrected chi connectivity index (χ0v) is 16.2. The number of carbonyl (C=O) groups excluding carboxylic acids is 2. The molecular formula is C21H25NO3S. The predicted molar refractivity (Wildman–Crippen MR) is 105 cm³/mol. The van der Waals surface area contributed by atoms with Crippen LogP contribution in [0.1, 0.15) is 58.1 Å². The molecule has 1 aliphatic rings. The van der Waals surface area contributed by atoms with Gasteiger partial charge in [-0.05, 0) is 50.7 Å². The first kappa shape index (κ1) is 18.6. The molecule has 0 saturated carbocycles. The van der Waals surface area contributed by atoms with Crippen molar-refractivity contribution in [2.24, 2.45) is 0 Å². The number of esters is 1. The number of hydrogen-bond acceptors (Lipinski definition) is 4. The lowest BCUT2D eigenvalue weighted by Gasteiger charge is -2.09. The largest absolute Gasteiger partial charge is 0.462 e. The molecule has 138 valence electrons. The number of thiophene rings is 1. The smallest absolute Gasteiger partial charge is 0.341 e. The molecule has 5 heteroatoms. The van der Waals surface area contributed by atoms with Crippen LogP contribution in [0.15, 0.2) is 24.3 Å². The second-order valence-electron chi connectivity index (χ2n) is 6.70. The van der Waals surface area contributed by atoms with Crippen molar-refractivity contribution in [1.82, 2.24) is 0 Å². The molecule has 0 atom stereocenters. The Kier molecular flexibility index (Phi) is 6.09. The number of fused-ring (bicyclic) bond motifs is 1. The number of rotatable bonds is 5. The van der Waals surface area contributed by atoms with Crippen molar-refractivity contribution in [3.63, 3.8) is 0 Å². The maximum Gasteiger partial charge on any atom is 0.341 e. The van der Waals surface area contributed by atoms with Gasteiger partial charge in [0.05, 0.1) is 18.6 Å². The summed E-state index contributed by atoms with van der Waals surface area (Å²) in [6.45, 7) is 4.16. The highest BCUT2D eigenvalue weighted by Gasteiger charge is 2.26. The number of anilines is 1. The van der Waals surface area contributed by atoms with Gasteiger partial charge >= 0.3 is 5.97 Å². The SMILES string of the molecule is CCOC(=O)c1c(NC(=O)Cc2ccc(C)cc2)sc2c1CCCCC2. The first-order valence-electron chi connectivity index (χ1n) is 9.25. The minimum Gasteiger partial charge on any atom is -0.462 e. The standard InChI is InChI=1S/C21H25NO3S/c1-3-25-21(24)19-16-7-5-4-6-8-17(16)26-20(19)22-18(23)13-15-11-9-14(2)10-12-15/h9-12H,3-8,13H2,1-2H3,(H,22,23). The van der Waals surface area contributed by atoms with Crippen LogP contribution >= 0.6 is 11.3 Å². The van der Waals surface area contributed by atoms with Crippen molar-refractivity contribution in [3.05, 3.63) is 51.4 Å². The predicted octanol–water partition coefficient (Wildman–Crippen LogP) is 4.68. The molecule has 0 spiro atoms.